The highest BCUT2D eigenvalue weighted by Crippen LogP contribution is 2.49. The monoisotopic (exact) mass is 1400 g/mol. The first kappa shape index (κ1) is 70.0. The number of hydrogen-bond donors (Lipinski definition) is 7. The lowest BCUT2D eigenvalue weighted by atomic mass is 9.76. The molecule has 6 aliphatic rings. The smallest absolute Gasteiger partial charge is 0.411 e. The average molecular weight is 1400 g/mol. The van der Waals surface area contributed by atoms with Crippen molar-refractivity contribution in [3.05, 3.63) is 49.1 Å². The molecule has 0 spiro atoms. The number of alkyl carbamates (subject to hydrolysis) is 1. The van der Waals surface area contributed by atoms with Gasteiger partial charge < -0.3 is 87.3 Å². The zero-order valence-corrected chi connectivity index (χ0v) is 54.7. The number of ether oxygens (including phenoxy) is 12. The number of aliphatic hydroxyl groups excluding tert-OH is 4. The van der Waals surface area contributed by atoms with Crippen LogP contribution in [-0.4, -0.2) is 224 Å². The Bertz CT molecular complexity index is 2840. The van der Waals surface area contributed by atoms with E-state index in [1.54, 1.807) is 38.0 Å². The Morgan fingerprint density at radius 1 is 0.884 bits per heavy atom. The summed E-state index contributed by atoms with van der Waals surface area (Å²) < 4.78 is 72.5. The van der Waals surface area contributed by atoms with Crippen LogP contribution in [0, 0.1) is 34.2 Å². The van der Waals surface area contributed by atoms with Crippen LogP contribution in [0.1, 0.15) is 69.8 Å². The number of ketones is 1. The summed E-state index contributed by atoms with van der Waals surface area (Å²) in [5.41, 5.74) is 1.06. The molecule has 4 heterocycles. The second-order valence-corrected chi connectivity index (χ2v) is 26.8. The molecule has 4 fully saturated rings. The molecule has 2 aliphatic carbocycles. The van der Waals surface area contributed by atoms with Gasteiger partial charge in [0.1, 0.15) is 36.6 Å². The molecule has 476 valence electrons. The van der Waals surface area contributed by atoms with Crippen molar-refractivity contribution in [3.63, 3.8) is 0 Å². The summed E-state index contributed by atoms with van der Waals surface area (Å²) in [4.78, 5) is 61.9. The van der Waals surface area contributed by atoms with E-state index in [1.807, 2.05) is 35.8 Å². The van der Waals surface area contributed by atoms with Gasteiger partial charge in [-0.05, 0) is 96.4 Å². The van der Waals surface area contributed by atoms with Gasteiger partial charge in [0, 0.05) is 51.7 Å². The molecule has 1 aromatic carbocycles. The van der Waals surface area contributed by atoms with Crippen LogP contribution in [0.5, 0.6) is 17.2 Å². The number of Topliss-reactive ketones (excluding diaryl/α,β-unsaturated/α-hetero) is 1. The second-order valence-electron chi connectivity index (χ2n) is 20.5. The van der Waals surface area contributed by atoms with Crippen LogP contribution in [-0.2, 0) is 57.1 Å². The molecule has 1 aromatic rings. The van der Waals surface area contributed by atoms with E-state index < -0.39 is 139 Å². The Balaban J connectivity index is 1.13. The van der Waals surface area contributed by atoms with E-state index >= 15 is 0 Å². The molecule has 4 saturated heterocycles. The molecule has 0 unspecified atom stereocenters. The SMILES string of the molecule is CCN(C(C)=O)[C@H]1CO[C@@H](O[C@H]2[C@H](O[C@H]3C#C/C=C\C#C[C@]4(O)CC(=O)C(NC(=O)OC)=C3/C4=C\SSSC)O[C@H](C)[C@@H](NO[C@H]3C[C@H](O)[C@H](SC(=O)c4c(C)c(I)c(O[C@H]5O[C@H](C)[C@@H](O)[C@H](OC)[C@@H]5O)c(OC)c4OC)[C@@H](C)O3)[C@@H]2O)C[C@@H]1OC. The topological polar surface area (TPSA) is 317 Å². The standard InChI is InChI=1S/C56H74IN3O22S4/c1-13-60(29(6)61)31-23-75-36(21-35(31)70-7)80-49-44(65)41(26(3)77-54(49)79-34-18-16-14-15-17-19-56(69)22-33(63)42(58-55(68)74-11)39(34)30(56)24-84-86-83-12)59-82-37-20-32(62)51(28(5)76-37)85-52(67)38-25(2)40(57)47(50(73-10)46(38)71-8)81-53-45(66)48(72-9)43(64)27(4)78-53/h14-15,24,26-28,31-32,34-37,41,43-45,48-49,51,53-54,59,62,64-66,69H,13,20-23H2,1-12H3,(H,58,68)/b15-14-,30-24+/t26-,27-,28-,31+,32+,34+,35+,36+,37+,41-,43-,44+,45+,48+,49-,51-,53-,54+,56+/m1/s1. The van der Waals surface area contributed by atoms with Crippen LogP contribution in [0.25, 0.3) is 0 Å². The van der Waals surface area contributed by atoms with Crippen molar-refractivity contribution in [1.82, 2.24) is 15.7 Å². The number of aliphatic hydroxyl groups is 5. The van der Waals surface area contributed by atoms with Gasteiger partial charge in [0.2, 0.25) is 23.1 Å². The Kier molecular flexibility index (Phi) is 25.7. The fourth-order valence-corrected chi connectivity index (χ4v) is 14.8. The Labute approximate surface area is 528 Å². The molecule has 7 N–H and O–H groups in total. The summed E-state index contributed by atoms with van der Waals surface area (Å²) in [6.07, 6.45) is -14.7. The summed E-state index contributed by atoms with van der Waals surface area (Å²) in [5, 5.41) is 60.9. The number of nitrogens with zero attached hydrogens (tertiary/aromatic N) is 1. The molecular weight excluding hydrogens is 1320 g/mol. The van der Waals surface area contributed by atoms with Crippen LogP contribution in [0.2, 0.25) is 0 Å². The third-order valence-corrected chi connectivity index (χ3v) is 21.3. The highest BCUT2D eigenvalue weighted by atomic mass is 127. The molecule has 2 amide bonds. The third-order valence-electron chi connectivity index (χ3n) is 15.2. The van der Waals surface area contributed by atoms with Gasteiger partial charge in [-0.25, -0.2) is 4.79 Å². The van der Waals surface area contributed by atoms with Crippen molar-refractivity contribution >= 4 is 88.7 Å². The lowest BCUT2D eigenvalue weighted by Gasteiger charge is -2.47. The number of thioether (sulfide) groups is 1. The number of halogens is 1. The number of methoxy groups -OCH3 is 5. The van der Waals surface area contributed by atoms with Crippen molar-refractivity contribution in [1.29, 1.82) is 0 Å². The highest BCUT2D eigenvalue weighted by molar-refractivity contribution is 14.1. The van der Waals surface area contributed by atoms with Gasteiger partial charge in [0.25, 0.3) is 0 Å². The maximum absolute atomic E-state index is 14.5. The molecule has 86 heavy (non-hydrogen) atoms. The minimum Gasteiger partial charge on any atom is -0.492 e. The number of hydrogen-bond acceptors (Lipinski definition) is 27. The quantitative estimate of drug-likeness (QED) is 0.0305. The third kappa shape index (κ3) is 15.6. The Hall–Kier alpha value is -3.43. The van der Waals surface area contributed by atoms with Crippen molar-refractivity contribution in [3.8, 4) is 40.9 Å². The fraction of sp³-hybridized carbons (Fsp3) is 0.643. The van der Waals surface area contributed by atoms with Crippen LogP contribution in [0.15, 0.2) is 34.4 Å². The molecule has 0 saturated carbocycles. The van der Waals surface area contributed by atoms with Gasteiger partial charge >= 0.3 is 6.09 Å². The maximum atomic E-state index is 14.5. The summed E-state index contributed by atoms with van der Waals surface area (Å²) in [6, 6.07) is -1.62. The number of carbonyl (C=O) groups is 4. The molecule has 0 radical (unpaired) electrons. The largest absolute Gasteiger partial charge is 0.492 e. The van der Waals surface area contributed by atoms with E-state index in [9.17, 15) is 44.7 Å². The lowest BCUT2D eigenvalue weighted by Crippen LogP contribution is -2.65. The molecule has 30 heteroatoms. The molecule has 0 aromatic heterocycles. The Morgan fingerprint density at radius 3 is 2.23 bits per heavy atom. The van der Waals surface area contributed by atoms with Gasteiger partial charge in [-0.2, -0.15) is 5.48 Å². The predicted molar refractivity (Wildman–Crippen MR) is 324 cm³/mol. The fourth-order valence-electron chi connectivity index (χ4n) is 10.8. The number of hydroxylamine groups is 1. The number of nitrogens with one attached hydrogen (secondary N) is 2. The number of allylic oxidation sites excluding steroid dienone is 3. The molecule has 7 rings (SSSR count). The molecule has 19 atom stereocenters. The number of rotatable bonds is 21. The molecule has 2 bridgehead atoms. The van der Waals surface area contributed by atoms with Crippen molar-refractivity contribution in [2.24, 2.45) is 0 Å². The second kappa shape index (κ2) is 31.5. The van der Waals surface area contributed by atoms with Crippen LogP contribution < -0.4 is 25.0 Å². The van der Waals surface area contributed by atoms with Crippen molar-refractivity contribution < 1.29 is 106 Å². The predicted octanol–water partition coefficient (Wildman–Crippen LogP) is 3.41. The van der Waals surface area contributed by atoms with Gasteiger partial charge in [-0.15, -0.1) is 0 Å². The van der Waals surface area contributed by atoms with Gasteiger partial charge in [0.05, 0.1) is 97.0 Å². The lowest BCUT2D eigenvalue weighted by molar-refractivity contribution is -0.337. The van der Waals surface area contributed by atoms with E-state index in [1.165, 1.54) is 78.9 Å². The van der Waals surface area contributed by atoms with Crippen molar-refractivity contribution in [2.75, 3.05) is 55.0 Å². The van der Waals surface area contributed by atoms with E-state index in [0.29, 0.717) is 15.7 Å². The first-order valence-electron chi connectivity index (χ1n) is 27.3. The normalized spacial score (nSPS) is 35.3. The molecule has 25 nitrogen and oxygen atoms in total. The zero-order chi connectivity index (χ0) is 62.9. The van der Waals surface area contributed by atoms with Crippen LogP contribution in [0.4, 0.5) is 4.79 Å². The molecular formula is C56H74IN3O22S4. The minimum atomic E-state index is -2.09. The maximum Gasteiger partial charge on any atom is 0.411 e. The average Bonchev–Trinajstić information content (AvgIpc) is 1.05. The van der Waals surface area contributed by atoms with Crippen LogP contribution in [0.3, 0.4) is 0 Å². The number of carbonyl (C=O) groups excluding carboxylic acids is 4. The minimum absolute atomic E-state index is 0.0127. The number of fused-ring (bicyclic) bond motifs is 2. The van der Waals surface area contributed by atoms with E-state index in [4.69, 9.17) is 61.7 Å². The summed E-state index contributed by atoms with van der Waals surface area (Å²) in [6.45, 7) is 10.2. The number of amides is 2. The summed E-state index contributed by atoms with van der Waals surface area (Å²) in [5.74, 6) is 10.6. The zero-order valence-electron chi connectivity index (χ0n) is 49.3. The van der Waals surface area contributed by atoms with E-state index in [2.05, 4.69) is 34.5 Å². The van der Waals surface area contributed by atoms with Gasteiger partial charge in [0.15, 0.2) is 41.8 Å². The van der Waals surface area contributed by atoms with Gasteiger partial charge in [-0.3, -0.25) is 24.5 Å². The first-order valence-corrected chi connectivity index (χ1v) is 33.2. The van der Waals surface area contributed by atoms with Gasteiger partial charge in [-0.1, -0.05) is 57.0 Å². The summed E-state index contributed by atoms with van der Waals surface area (Å²) in [7, 11) is 10.7. The van der Waals surface area contributed by atoms with Crippen LogP contribution >= 0.6 is 65.8 Å². The first-order chi connectivity index (χ1) is 41.0. The highest BCUT2D eigenvalue weighted by Gasteiger charge is 2.52. The number of likely N-dealkylation sites (N-methyl/N-ethyl adjacent to an activating group) is 1. The number of benzene rings is 1. The van der Waals surface area contributed by atoms with E-state index in [-0.39, 0.29) is 65.0 Å². The van der Waals surface area contributed by atoms with E-state index in [0.717, 1.165) is 18.9 Å². The van der Waals surface area contributed by atoms with Crippen molar-refractivity contribution in [2.45, 2.75) is 176 Å². The Morgan fingerprint density at radius 2 is 1.59 bits per heavy atom. The molecule has 4 aliphatic heterocycles. The summed E-state index contributed by atoms with van der Waals surface area (Å²) >= 11 is 2.80.